The summed E-state index contributed by atoms with van der Waals surface area (Å²) in [5.74, 6) is -1.00. The van der Waals surface area contributed by atoms with Gasteiger partial charge < -0.3 is 0 Å². The first-order valence-electron chi connectivity index (χ1n) is 7.35. The van der Waals surface area contributed by atoms with Gasteiger partial charge in [0, 0.05) is 11.8 Å². The Balaban J connectivity index is 1.84. The molecule has 108 valence electrons. The van der Waals surface area contributed by atoms with E-state index in [0.29, 0.717) is 18.5 Å². The number of carbonyl (C=O) groups is 3. The average Bonchev–Trinajstić information content (AvgIpc) is 2.93. The molecule has 1 saturated heterocycles. The van der Waals surface area contributed by atoms with E-state index in [-0.39, 0.29) is 28.9 Å². The summed E-state index contributed by atoms with van der Waals surface area (Å²) in [5.41, 5.74) is -0.399. The molecule has 2 amide bonds. The number of carbonyl (C=O) groups excluding carboxylic acids is 3. The van der Waals surface area contributed by atoms with E-state index >= 15 is 0 Å². The third kappa shape index (κ3) is 1.33. The molecule has 0 aromatic heterocycles. The lowest BCUT2D eigenvalue weighted by molar-refractivity contribution is -0.138. The monoisotopic (exact) mass is 283 g/mol. The Hall–Kier alpha value is -1.97. The van der Waals surface area contributed by atoms with Crippen LogP contribution in [0.5, 0.6) is 0 Å². The van der Waals surface area contributed by atoms with E-state index in [1.807, 2.05) is 32.0 Å². The number of hydrogen-bond acceptors (Lipinski definition) is 3. The lowest BCUT2D eigenvalue weighted by Gasteiger charge is -2.30. The molecule has 0 unspecified atom stereocenters. The van der Waals surface area contributed by atoms with Crippen molar-refractivity contribution >= 4 is 23.3 Å². The molecule has 3 aliphatic rings. The van der Waals surface area contributed by atoms with Crippen LogP contribution >= 0.6 is 0 Å². The minimum Gasteiger partial charge on any atom is -0.299 e. The highest BCUT2D eigenvalue weighted by atomic mass is 16.2. The van der Waals surface area contributed by atoms with Gasteiger partial charge in [0.15, 0.2) is 0 Å². The van der Waals surface area contributed by atoms with Crippen LogP contribution in [0.3, 0.4) is 0 Å². The van der Waals surface area contributed by atoms with E-state index < -0.39 is 11.3 Å². The summed E-state index contributed by atoms with van der Waals surface area (Å²) < 4.78 is 0. The summed E-state index contributed by atoms with van der Waals surface area (Å²) >= 11 is 0. The van der Waals surface area contributed by atoms with Crippen molar-refractivity contribution in [1.82, 2.24) is 0 Å². The van der Waals surface area contributed by atoms with Crippen LogP contribution in [0.25, 0.3) is 0 Å². The Bertz CT molecular complexity index is 683. The van der Waals surface area contributed by atoms with Crippen LogP contribution < -0.4 is 4.90 Å². The van der Waals surface area contributed by atoms with Crippen molar-refractivity contribution in [2.24, 2.45) is 22.7 Å². The maximum Gasteiger partial charge on any atom is 0.238 e. The van der Waals surface area contributed by atoms with Gasteiger partial charge >= 0.3 is 0 Å². The Labute approximate surface area is 123 Å². The standard InChI is InChI=1S/C17H17NO3/c1-16-8-11(19)17(2,9-16)13-12(16)14(20)18(15(13)21)10-6-4-3-5-7-10/h3-7,12-13H,8-9H2,1-2H3/t12-,13-,16+,17-/m1/s1. The third-order valence-electron chi connectivity index (χ3n) is 5.73. The van der Waals surface area contributed by atoms with Gasteiger partial charge in [0.05, 0.1) is 17.5 Å². The van der Waals surface area contributed by atoms with Crippen molar-refractivity contribution in [1.29, 1.82) is 0 Å². The normalized spacial score (nSPS) is 41.0. The summed E-state index contributed by atoms with van der Waals surface area (Å²) in [7, 11) is 0. The fourth-order valence-electron chi connectivity index (χ4n) is 4.92. The van der Waals surface area contributed by atoms with Crippen LogP contribution in [0.2, 0.25) is 0 Å². The zero-order valence-corrected chi connectivity index (χ0v) is 12.1. The first-order valence-corrected chi connectivity index (χ1v) is 7.35. The van der Waals surface area contributed by atoms with Crippen LogP contribution in [-0.2, 0) is 14.4 Å². The van der Waals surface area contributed by atoms with E-state index in [1.54, 1.807) is 12.1 Å². The summed E-state index contributed by atoms with van der Waals surface area (Å²) in [6.07, 6.45) is 1.08. The molecule has 0 spiro atoms. The fraction of sp³-hybridized carbons (Fsp3) is 0.471. The Kier molecular flexibility index (Phi) is 2.19. The Morgan fingerprint density at radius 2 is 1.62 bits per heavy atom. The highest BCUT2D eigenvalue weighted by Crippen LogP contribution is 2.67. The predicted octanol–water partition coefficient (Wildman–Crippen LogP) is 2.18. The first kappa shape index (κ1) is 12.7. The van der Waals surface area contributed by atoms with Crippen molar-refractivity contribution in [3.8, 4) is 0 Å². The molecule has 4 atom stereocenters. The van der Waals surface area contributed by atoms with Gasteiger partial charge in [-0.1, -0.05) is 32.0 Å². The van der Waals surface area contributed by atoms with Gasteiger partial charge in [-0.25, -0.2) is 0 Å². The Morgan fingerprint density at radius 3 is 2.29 bits per heavy atom. The molecule has 2 saturated carbocycles. The van der Waals surface area contributed by atoms with Crippen LogP contribution in [0, 0.1) is 22.7 Å². The number of amides is 2. The molecule has 4 nitrogen and oxygen atoms in total. The van der Waals surface area contributed by atoms with Crippen molar-refractivity contribution in [2.75, 3.05) is 4.90 Å². The zero-order valence-electron chi connectivity index (χ0n) is 12.1. The van der Waals surface area contributed by atoms with Gasteiger partial charge in [0.1, 0.15) is 5.78 Å². The number of anilines is 1. The van der Waals surface area contributed by atoms with E-state index in [1.165, 1.54) is 4.90 Å². The smallest absolute Gasteiger partial charge is 0.238 e. The number of hydrogen-bond donors (Lipinski definition) is 0. The van der Waals surface area contributed by atoms with E-state index in [2.05, 4.69) is 0 Å². The van der Waals surface area contributed by atoms with Crippen LogP contribution in [0.15, 0.2) is 30.3 Å². The van der Waals surface area contributed by atoms with Gasteiger partial charge in [-0.2, -0.15) is 0 Å². The number of Topliss-reactive ketones (excluding diaryl/α,β-unsaturated/α-hetero) is 1. The molecule has 21 heavy (non-hydrogen) atoms. The number of ketones is 1. The molecule has 1 aromatic carbocycles. The third-order valence-corrected chi connectivity index (χ3v) is 5.73. The quantitative estimate of drug-likeness (QED) is 0.742. The molecular formula is C17H17NO3. The average molecular weight is 283 g/mol. The molecule has 1 aromatic rings. The Morgan fingerprint density at radius 1 is 1.00 bits per heavy atom. The predicted molar refractivity (Wildman–Crippen MR) is 76.4 cm³/mol. The minimum absolute atomic E-state index is 0.130. The van der Waals surface area contributed by atoms with E-state index in [4.69, 9.17) is 0 Å². The molecule has 4 heteroatoms. The molecule has 1 heterocycles. The van der Waals surface area contributed by atoms with Gasteiger partial charge in [-0.05, 0) is 24.0 Å². The van der Waals surface area contributed by atoms with Crippen LogP contribution in [0.4, 0.5) is 5.69 Å². The summed E-state index contributed by atoms with van der Waals surface area (Å²) in [4.78, 5) is 39.3. The fourth-order valence-corrected chi connectivity index (χ4v) is 4.92. The molecule has 4 rings (SSSR count). The largest absolute Gasteiger partial charge is 0.299 e. The van der Waals surface area contributed by atoms with Gasteiger partial charge in [-0.3, -0.25) is 19.3 Å². The molecule has 0 N–H and O–H groups in total. The lowest BCUT2D eigenvalue weighted by atomic mass is 9.68. The maximum atomic E-state index is 12.8. The van der Waals surface area contributed by atoms with E-state index in [9.17, 15) is 14.4 Å². The van der Waals surface area contributed by atoms with Crippen LogP contribution in [0.1, 0.15) is 26.7 Å². The minimum atomic E-state index is -0.657. The second-order valence-corrected chi connectivity index (χ2v) is 7.15. The number of benzene rings is 1. The number of nitrogens with zero attached hydrogens (tertiary/aromatic N) is 1. The van der Waals surface area contributed by atoms with Gasteiger partial charge in [0.2, 0.25) is 11.8 Å². The lowest BCUT2D eigenvalue weighted by Crippen LogP contribution is -2.40. The SMILES string of the molecule is C[C@]12CC(=O)[C@@](C)(C1)[C@H]1C(=O)N(c3ccccc3)C(=O)[C@@H]12. The number of fused-ring (bicyclic) bond motifs is 5. The topological polar surface area (TPSA) is 54.5 Å². The summed E-state index contributed by atoms with van der Waals surface area (Å²) in [5, 5.41) is 0. The molecule has 1 aliphatic heterocycles. The van der Waals surface area contributed by atoms with Crippen molar-refractivity contribution in [2.45, 2.75) is 26.7 Å². The molecule has 0 radical (unpaired) electrons. The molecule has 2 aliphatic carbocycles. The maximum absolute atomic E-state index is 12.8. The van der Waals surface area contributed by atoms with Crippen molar-refractivity contribution in [3.05, 3.63) is 30.3 Å². The second-order valence-electron chi connectivity index (χ2n) is 7.15. The zero-order chi connectivity index (χ0) is 15.0. The summed E-state index contributed by atoms with van der Waals surface area (Å²) in [6, 6.07) is 9.02. The highest BCUT2D eigenvalue weighted by molar-refractivity contribution is 6.24. The second kappa shape index (κ2) is 3.62. The van der Waals surface area contributed by atoms with Gasteiger partial charge in [0.25, 0.3) is 0 Å². The van der Waals surface area contributed by atoms with E-state index in [0.717, 1.165) is 0 Å². The first-order chi connectivity index (χ1) is 9.88. The molecule has 3 fully saturated rings. The van der Waals surface area contributed by atoms with Crippen molar-refractivity contribution < 1.29 is 14.4 Å². The highest BCUT2D eigenvalue weighted by Gasteiger charge is 2.74. The van der Waals surface area contributed by atoms with Crippen LogP contribution in [-0.4, -0.2) is 17.6 Å². The number of rotatable bonds is 1. The number of imide groups is 1. The number of para-hydroxylation sites is 1. The molecule has 2 bridgehead atoms. The van der Waals surface area contributed by atoms with Gasteiger partial charge in [-0.15, -0.1) is 0 Å². The molecular weight excluding hydrogens is 266 g/mol. The van der Waals surface area contributed by atoms with Crippen molar-refractivity contribution in [3.63, 3.8) is 0 Å². The summed E-state index contributed by atoms with van der Waals surface area (Å²) in [6.45, 7) is 3.85.